The number of carbonyl (C=O) groups excluding carboxylic acids is 2. The Hall–Kier alpha value is -2.50. The topological polar surface area (TPSA) is 68.1 Å². The van der Waals surface area contributed by atoms with Gasteiger partial charge in [0, 0.05) is 24.8 Å². The van der Waals surface area contributed by atoms with Gasteiger partial charge in [0.2, 0.25) is 0 Å². The van der Waals surface area contributed by atoms with Crippen molar-refractivity contribution in [1.29, 1.82) is 0 Å². The van der Waals surface area contributed by atoms with E-state index >= 15 is 0 Å². The van der Waals surface area contributed by atoms with Gasteiger partial charge in [-0.2, -0.15) is 0 Å². The molecule has 0 aliphatic heterocycles. The van der Waals surface area contributed by atoms with Crippen LogP contribution in [0.5, 0.6) is 0 Å². The Balaban J connectivity index is 1.92. The molecule has 2 rings (SSSR count). The number of hydrogen-bond acceptors (Lipinski definition) is 2. The first-order valence-corrected chi connectivity index (χ1v) is 4.64. The van der Waals surface area contributed by atoms with Gasteiger partial charge in [0.25, 0.3) is 0 Å². The molecule has 2 heterocycles. The molecule has 0 aliphatic rings. The van der Waals surface area contributed by atoms with Crippen LogP contribution < -0.4 is 10.9 Å². The van der Waals surface area contributed by atoms with Crippen LogP contribution in [0.3, 0.4) is 0 Å². The summed E-state index contributed by atoms with van der Waals surface area (Å²) < 4.78 is 2.80. The lowest BCUT2D eigenvalue weighted by atomic mass is 10.6. The number of nitrogens with zero attached hydrogens (tertiary/aromatic N) is 2. The van der Waals surface area contributed by atoms with Crippen LogP contribution in [0.15, 0.2) is 49.1 Å². The molecule has 16 heavy (non-hydrogen) atoms. The van der Waals surface area contributed by atoms with Gasteiger partial charge < -0.3 is 0 Å². The molecule has 0 fully saturated rings. The first-order chi connectivity index (χ1) is 7.75. The maximum atomic E-state index is 11.4. The Labute approximate surface area is 91.4 Å². The van der Waals surface area contributed by atoms with E-state index in [2.05, 4.69) is 10.9 Å². The van der Waals surface area contributed by atoms with Gasteiger partial charge in [-0.3, -0.25) is 29.8 Å². The summed E-state index contributed by atoms with van der Waals surface area (Å²) in [6, 6.07) is 6.96. The summed E-state index contributed by atoms with van der Waals surface area (Å²) in [5.41, 5.74) is 4.77. The quantitative estimate of drug-likeness (QED) is 0.703. The Bertz CT molecular complexity index is 427. The van der Waals surface area contributed by atoms with E-state index in [4.69, 9.17) is 0 Å². The second kappa shape index (κ2) is 4.35. The van der Waals surface area contributed by atoms with Crippen LogP contribution in [-0.2, 0) is 9.59 Å². The molecule has 2 aromatic heterocycles. The zero-order chi connectivity index (χ0) is 11.4. The number of nitrogens with one attached hydrogen (secondary N) is 2. The van der Waals surface area contributed by atoms with Crippen LogP contribution >= 0.6 is 0 Å². The van der Waals surface area contributed by atoms with Gasteiger partial charge in [0.15, 0.2) is 0 Å². The van der Waals surface area contributed by atoms with E-state index in [1.54, 1.807) is 49.1 Å². The van der Waals surface area contributed by atoms with E-state index in [-0.39, 0.29) is 0 Å². The normalized spacial score (nSPS) is 9.75. The van der Waals surface area contributed by atoms with Gasteiger partial charge in [-0.05, 0) is 24.3 Å². The van der Waals surface area contributed by atoms with E-state index < -0.39 is 11.8 Å². The molecule has 0 atom stereocenters. The molecule has 0 saturated carbocycles. The first-order valence-electron chi connectivity index (χ1n) is 4.64. The van der Waals surface area contributed by atoms with E-state index in [1.807, 2.05) is 0 Å². The summed E-state index contributed by atoms with van der Waals surface area (Å²) in [6.45, 7) is 0. The highest BCUT2D eigenvalue weighted by Gasteiger charge is 2.12. The summed E-state index contributed by atoms with van der Waals surface area (Å²) in [4.78, 5) is 22.8. The molecule has 0 aliphatic carbocycles. The average Bonchev–Trinajstić information content (AvgIpc) is 2.90. The summed E-state index contributed by atoms with van der Waals surface area (Å²) >= 11 is 0. The molecule has 2 amide bonds. The molecule has 0 bridgehead atoms. The zero-order valence-electron chi connectivity index (χ0n) is 8.33. The van der Waals surface area contributed by atoms with Crippen molar-refractivity contribution in [2.75, 3.05) is 10.9 Å². The van der Waals surface area contributed by atoms with Crippen LogP contribution in [0.1, 0.15) is 0 Å². The predicted octanol–water partition coefficient (Wildman–Crippen LogP) is 0.130. The lowest BCUT2D eigenvalue weighted by molar-refractivity contribution is -0.134. The number of hydrogen-bond donors (Lipinski definition) is 2. The Morgan fingerprint density at radius 3 is 1.31 bits per heavy atom. The molecule has 0 radical (unpaired) electrons. The molecule has 0 aromatic carbocycles. The Morgan fingerprint density at radius 2 is 1.00 bits per heavy atom. The smallest absolute Gasteiger partial charge is 0.268 e. The third-order valence-electron chi connectivity index (χ3n) is 1.88. The van der Waals surface area contributed by atoms with Crippen molar-refractivity contribution in [1.82, 2.24) is 9.35 Å². The fourth-order valence-electron chi connectivity index (χ4n) is 1.15. The molecule has 0 unspecified atom stereocenters. The van der Waals surface area contributed by atoms with Gasteiger partial charge in [-0.15, -0.1) is 0 Å². The molecule has 6 nitrogen and oxygen atoms in total. The molecule has 0 saturated heterocycles. The lowest BCUT2D eigenvalue weighted by Crippen LogP contribution is -2.36. The Kier molecular flexibility index (Phi) is 2.73. The largest absolute Gasteiger partial charge is 0.329 e. The van der Waals surface area contributed by atoms with E-state index in [0.29, 0.717) is 0 Å². The number of carbonyl (C=O) groups is 2. The molecule has 6 heteroatoms. The fraction of sp³-hybridized carbons (Fsp3) is 0. The molecule has 0 spiro atoms. The first kappa shape index (κ1) is 10.0. The average molecular weight is 218 g/mol. The van der Waals surface area contributed by atoms with E-state index in [0.717, 1.165) is 0 Å². The highest BCUT2D eigenvalue weighted by molar-refractivity contribution is 6.41. The highest BCUT2D eigenvalue weighted by atomic mass is 16.2. The minimum atomic E-state index is -0.732. The third-order valence-corrected chi connectivity index (χ3v) is 1.88. The number of rotatable bonds is 2. The van der Waals surface area contributed by atoms with Crippen molar-refractivity contribution in [3.63, 3.8) is 0 Å². The zero-order valence-corrected chi connectivity index (χ0v) is 8.33. The van der Waals surface area contributed by atoms with Crippen molar-refractivity contribution in [3.8, 4) is 0 Å². The van der Waals surface area contributed by atoms with Crippen LogP contribution in [0.4, 0.5) is 0 Å². The Morgan fingerprint density at radius 1 is 0.688 bits per heavy atom. The molecule has 2 N–H and O–H groups in total. The van der Waals surface area contributed by atoms with Crippen LogP contribution in [-0.4, -0.2) is 21.2 Å². The number of amides is 2. The van der Waals surface area contributed by atoms with Crippen molar-refractivity contribution < 1.29 is 9.59 Å². The van der Waals surface area contributed by atoms with Crippen LogP contribution in [0, 0.1) is 0 Å². The highest BCUT2D eigenvalue weighted by Crippen LogP contribution is 1.88. The van der Waals surface area contributed by atoms with Gasteiger partial charge in [0.1, 0.15) is 0 Å². The molecular formula is C10H10N4O2. The standard InChI is InChI=1S/C10H10N4O2/c15-9(11-13-5-1-2-6-13)10(16)12-14-7-3-4-8-14/h1-8H,(H,11,15)(H,12,16). The SMILES string of the molecule is O=C(Nn1cccc1)C(=O)Nn1cccc1. The summed E-state index contributed by atoms with van der Waals surface area (Å²) in [6.07, 6.45) is 6.50. The second-order valence-corrected chi connectivity index (χ2v) is 3.06. The second-order valence-electron chi connectivity index (χ2n) is 3.06. The van der Waals surface area contributed by atoms with Crippen molar-refractivity contribution >= 4 is 11.8 Å². The minimum Gasteiger partial charge on any atom is -0.268 e. The maximum absolute atomic E-state index is 11.4. The molecule has 2 aromatic rings. The van der Waals surface area contributed by atoms with Crippen LogP contribution in [0.25, 0.3) is 0 Å². The van der Waals surface area contributed by atoms with E-state index in [9.17, 15) is 9.59 Å². The van der Waals surface area contributed by atoms with E-state index in [1.165, 1.54) is 9.35 Å². The number of aromatic nitrogens is 2. The fourth-order valence-corrected chi connectivity index (χ4v) is 1.15. The maximum Gasteiger partial charge on any atom is 0.329 e. The third kappa shape index (κ3) is 2.30. The summed E-state index contributed by atoms with van der Waals surface area (Å²) in [5.74, 6) is -1.46. The van der Waals surface area contributed by atoms with Crippen molar-refractivity contribution in [3.05, 3.63) is 49.1 Å². The van der Waals surface area contributed by atoms with Crippen LogP contribution in [0.2, 0.25) is 0 Å². The van der Waals surface area contributed by atoms with Gasteiger partial charge in [-0.1, -0.05) is 0 Å². The summed E-state index contributed by atoms with van der Waals surface area (Å²) in [5, 5.41) is 0. The predicted molar refractivity (Wildman–Crippen MR) is 57.6 cm³/mol. The summed E-state index contributed by atoms with van der Waals surface area (Å²) in [7, 11) is 0. The van der Waals surface area contributed by atoms with Crippen molar-refractivity contribution in [2.24, 2.45) is 0 Å². The lowest BCUT2D eigenvalue weighted by Gasteiger charge is -2.07. The van der Waals surface area contributed by atoms with Gasteiger partial charge in [-0.25, -0.2) is 0 Å². The van der Waals surface area contributed by atoms with Gasteiger partial charge >= 0.3 is 11.8 Å². The van der Waals surface area contributed by atoms with Crippen molar-refractivity contribution in [2.45, 2.75) is 0 Å². The molecular weight excluding hydrogens is 208 g/mol. The monoisotopic (exact) mass is 218 g/mol. The molecule has 82 valence electrons. The minimum absolute atomic E-state index is 0.732. The van der Waals surface area contributed by atoms with Gasteiger partial charge in [0.05, 0.1) is 0 Å².